The van der Waals surface area contributed by atoms with Gasteiger partial charge in [-0.3, -0.25) is 4.99 Å². The van der Waals surface area contributed by atoms with Gasteiger partial charge >= 0.3 is 11.9 Å². The summed E-state index contributed by atoms with van der Waals surface area (Å²) >= 11 is 0. The fourth-order valence-electron chi connectivity index (χ4n) is 1.85. The van der Waals surface area contributed by atoms with Crippen LogP contribution in [0.5, 0.6) is 5.95 Å². The molecule has 0 saturated heterocycles. The topological polar surface area (TPSA) is 122 Å². The number of aromatic nitrogens is 1. The zero-order valence-electron chi connectivity index (χ0n) is 11.8. The van der Waals surface area contributed by atoms with Crippen molar-refractivity contribution in [2.45, 2.75) is 18.9 Å². The zero-order valence-corrected chi connectivity index (χ0v) is 11.8. The van der Waals surface area contributed by atoms with Crippen molar-refractivity contribution in [3.05, 3.63) is 36.0 Å². The molecule has 116 valence electrons. The lowest BCUT2D eigenvalue weighted by Gasteiger charge is -2.04. The van der Waals surface area contributed by atoms with Gasteiger partial charge in [-0.25, -0.2) is 9.78 Å². The molecule has 0 fully saturated rings. The van der Waals surface area contributed by atoms with E-state index in [1.807, 2.05) is 18.2 Å². The number of hydrogen-bond acceptors (Lipinski definition) is 6. The summed E-state index contributed by atoms with van der Waals surface area (Å²) in [6, 6.07) is 8.14. The lowest BCUT2D eigenvalue weighted by molar-refractivity contribution is -0.138. The van der Waals surface area contributed by atoms with Crippen LogP contribution in [0, 0.1) is 0 Å². The number of rotatable bonds is 7. The predicted molar refractivity (Wildman–Crippen MR) is 80.9 cm³/mol. The van der Waals surface area contributed by atoms with Crippen molar-refractivity contribution in [1.29, 1.82) is 0 Å². The van der Waals surface area contributed by atoms with E-state index in [9.17, 15) is 9.90 Å². The highest BCUT2D eigenvalue weighted by atomic mass is 16.5. The van der Waals surface area contributed by atoms with Crippen LogP contribution in [0.3, 0.4) is 0 Å². The molecule has 0 bridgehead atoms. The van der Waals surface area contributed by atoms with Crippen LogP contribution in [0.4, 0.5) is 0 Å². The Balaban J connectivity index is 2.17. The third-order valence-corrected chi connectivity index (χ3v) is 3.00. The van der Waals surface area contributed by atoms with Crippen molar-refractivity contribution >= 4 is 12.2 Å². The summed E-state index contributed by atoms with van der Waals surface area (Å²) in [6.45, 7) is 0.396. The molecule has 0 aliphatic rings. The standard InChI is InChI=1S/C15H17N3O4/c16-8-4-7-11(14(19)20)17-9-12-15(21)22-13(18-12)10-5-2-1-3-6-10/h1-3,5-6,9,11,21H,4,7-8,16H2,(H,19,20). The van der Waals surface area contributed by atoms with Gasteiger partial charge in [-0.1, -0.05) is 18.2 Å². The van der Waals surface area contributed by atoms with Crippen molar-refractivity contribution < 1.29 is 19.4 Å². The fraction of sp³-hybridized carbons (Fsp3) is 0.267. The van der Waals surface area contributed by atoms with E-state index in [1.165, 1.54) is 6.21 Å². The second-order valence-electron chi connectivity index (χ2n) is 4.64. The second kappa shape index (κ2) is 7.37. The molecule has 7 heteroatoms. The van der Waals surface area contributed by atoms with Gasteiger partial charge in [0.15, 0.2) is 5.69 Å². The number of carboxylic acid groups (broad SMARTS) is 1. The van der Waals surface area contributed by atoms with Crippen LogP contribution in [-0.4, -0.2) is 40.0 Å². The Morgan fingerprint density at radius 1 is 1.41 bits per heavy atom. The van der Waals surface area contributed by atoms with E-state index in [4.69, 9.17) is 15.3 Å². The van der Waals surface area contributed by atoms with Crippen LogP contribution >= 0.6 is 0 Å². The van der Waals surface area contributed by atoms with Crippen molar-refractivity contribution in [3.63, 3.8) is 0 Å². The summed E-state index contributed by atoms with van der Waals surface area (Å²) < 4.78 is 5.16. The minimum Gasteiger partial charge on any atom is -0.480 e. The maximum Gasteiger partial charge on any atom is 0.328 e. The van der Waals surface area contributed by atoms with Gasteiger partial charge in [-0.15, -0.1) is 0 Å². The molecule has 1 atom stereocenters. The molecule has 4 N–H and O–H groups in total. The van der Waals surface area contributed by atoms with E-state index in [-0.39, 0.29) is 11.6 Å². The molecule has 2 rings (SSSR count). The molecule has 1 unspecified atom stereocenters. The fourth-order valence-corrected chi connectivity index (χ4v) is 1.85. The number of aliphatic imine (C=N–C) groups is 1. The minimum absolute atomic E-state index is 0.0952. The van der Waals surface area contributed by atoms with Crippen LogP contribution < -0.4 is 5.73 Å². The Morgan fingerprint density at radius 3 is 2.77 bits per heavy atom. The van der Waals surface area contributed by atoms with Gasteiger partial charge in [-0.05, 0) is 31.5 Å². The minimum atomic E-state index is -1.05. The monoisotopic (exact) mass is 303 g/mol. The van der Waals surface area contributed by atoms with Gasteiger partial charge in [0.25, 0.3) is 0 Å². The molecule has 0 amide bonds. The molecule has 1 heterocycles. The third-order valence-electron chi connectivity index (χ3n) is 3.00. The van der Waals surface area contributed by atoms with Gasteiger partial charge in [0.1, 0.15) is 6.04 Å². The highest BCUT2D eigenvalue weighted by Crippen LogP contribution is 2.25. The molecule has 0 aliphatic carbocycles. The van der Waals surface area contributed by atoms with E-state index in [0.717, 1.165) is 0 Å². The number of nitrogens with zero attached hydrogens (tertiary/aromatic N) is 2. The van der Waals surface area contributed by atoms with Gasteiger partial charge in [-0.2, -0.15) is 0 Å². The van der Waals surface area contributed by atoms with Crippen LogP contribution in [0.25, 0.3) is 11.5 Å². The summed E-state index contributed by atoms with van der Waals surface area (Å²) in [4.78, 5) is 19.1. The molecule has 1 aromatic heterocycles. The summed E-state index contributed by atoms with van der Waals surface area (Å²) in [5, 5.41) is 18.8. The molecule has 0 spiro atoms. The lowest BCUT2D eigenvalue weighted by Crippen LogP contribution is -2.19. The van der Waals surface area contributed by atoms with Crippen molar-refractivity contribution in [2.75, 3.05) is 6.54 Å². The lowest BCUT2D eigenvalue weighted by atomic mass is 10.1. The maximum atomic E-state index is 11.1. The first-order chi connectivity index (χ1) is 10.6. The highest BCUT2D eigenvalue weighted by molar-refractivity contribution is 5.84. The molecule has 0 aliphatic heterocycles. The first-order valence-electron chi connectivity index (χ1n) is 6.83. The Labute approximate surface area is 127 Å². The molecule has 1 aromatic carbocycles. The van der Waals surface area contributed by atoms with Gasteiger partial charge < -0.3 is 20.4 Å². The van der Waals surface area contributed by atoms with Gasteiger partial charge in [0.05, 0.1) is 6.21 Å². The van der Waals surface area contributed by atoms with Crippen molar-refractivity contribution in [3.8, 4) is 17.4 Å². The number of oxazole rings is 1. The Bertz CT molecular complexity index is 652. The Hall–Kier alpha value is -2.67. The van der Waals surface area contributed by atoms with Gasteiger partial charge in [0.2, 0.25) is 5.89 Å². The molecule has 2 aromatic rings. The molecule has 7 nitrogen and oxygen atoms in total. The summed E-state index contributed by atoms with van der Waals surface area (Å²) in [5.74, 6) is -1.20. The van der Waals surface area contributed by atoms with Crippen molar-refractivity contribution in [2.24, 2.45) is 10.7 Å². The Morgan fingerprint density at radius 2 is 2.14 bits per heavy atom. The average Bonchev–Trinajstić information content (AvgIpc) is 2.89. The summed E-state index contributed by atoms with van der Waals surface area (Å²) in [7, 11) is 0. The quantitative estimate of drug-likeness (QED) is 0.669. The van der Waals surface area contributed by atoms with E-state index >= 15 is 0 Å². The first kappa shape index (κ1) is 15.7. The second-order valence-corrected chi connectivity index (χ2v) is 4.64. The normalized spacial score (nSPS) is 12.6. The molecule has 22 heavy (non-hydrogen) atoms. The summed E-state index contributed by atoms with van der Waals surface area (Å²) in [6.07, 6.45) is 2.08. The van der Waals surface area contributed by atoms with Crippen LogP contribution in [-0.2, 0) is 4.79 Å². The van der Waals surface area contributed by atoms with E-state index in [2.05, 4.69) is 9.98 Å². The summed E-state index contributed by atoms with van der Waals surface area (Å²) in [5.41, 5.74) is 6.16. The number of aromatic hydroxyl groups is 1. The zero-order chi connectivity index (χ0) is 15.9. The highest BCUT2D eigenvalue weighted by Gasteiger charge is 2.16. The third kappa shape index (κ3) is 3.92. The molecular formula is C15H17N3O4. The first-order valence-corrected chi connectivity index (χ1v) is 6.83. The van der Waals surface area contributed by atoms with Crippen LogP contribution in [0.15, 0.2) is 39.7 Å². The number of carboxylic acids is 1. The number of benzene rings is 1. The number of hydrogen-bond donors (Lipinski definition) is 3. The Kier molecular flexibility index (Phi) is 5.26. The molecule has 0 saturated carbocycles. The van der Waals surface area contributed by atoms with Gasteiger partial charge in [0, 0.05) is 5.56 Å². The van der Waals surface area contributed by atoms with Crippen molar-refractivity contribution in [1.82, 2.24) is 4.98 Å². The number of nitrogens with two attached hydrogens (primary N) is 1. The van der Waals surface area contributed by atoms with Crippen LogP contribution in [0.1, 0.15) is 18.5 Å². The van der Waals surface area contributed by atoms with E-state index in [1.54, 1.807) is 12.1 Å². The molecule has 0 radical (unpaired) electrons. The smallest absolute Gasteiger partial charge is 0.328 e. The average molecular weight is 303 g/mol. The van der Waals surface area contributed by atoms with Crippen LogP contribution in [0.2, 0.25) is 0 Å². The number of carbonyl (C=O) groups is 1. The SMILES string of the molecule is NCCCC(N=Cc1nc(-c2ccccc2)oc1O)C(=O)O. The predicted octanol–water partition coefficient (Wildman–Crippen LogP) is 1.66. The molecular weight excluding hydrogens is 286 g/mol. The van der Waals surface area contributed by atoms with E-state index in [0.29, 0.717) is 24.9 Å². The van der Waals surface area contributed by atoms with E-state index < -0.39 is 18.0 Å². The maximum absolute atomic E-state index is 11.1. The largest absolute Gasteiger partial charge is 0.480 e. The number of aliphatic carboxylic acids is 1.